The van der Waals surface area contributed by atoms with E-state index < -0.39 is 0 Å². The van der Waals surface area contributed by atoms with Gasteiger partial charge in [0.15, 0.2) is 0 Å². The van der Waals surface area contributed by atoms with Crippen LogP contribution in [0.3, 0.4) is 0 Å². The third-order valence-corrected chi connectivity index (χ3v) is 4.18. The van der Waals surface area contributed by atoms with E-state index in [1.807, 2.05) is 6.20 Å². The molecule has 0 aromatic carbocycles. The molecule has 1 heterocycles. The Balaban J connectivity index is 1.96. The van der Waals surface area contributed by atoms with Crippen LogP contribution in [0.25, 0.3) is 0 Å². The molecule has 1 saturated carbocycles. The Kier molecular flexibility index (Phi) is 5.24. The molecule has 0 saturated heterocycles. The van der Waals surface area contributed by atoms with Crippen LogP contribution in [0.5, 0.6) is 0 Å². The number of hydrogen-bond donors (Lipinski definition) is 1. The molecule has 1 aliphatic rings. The number of aromatic nitrogens is 2. The van der Waals surface area contributed by atoms with Gasteiger partial charge < -0.3 is 9.88 Å². The van der Waals surface area contributed by atoms with Crippen LogP contribution in [0.1, 0.15) is 51.3 Å². The fourth-order valence-corrected chi connectivity index (χ4v) is 3.14. The molecule has 102 valence electrons. The Labute approximate surface area is 111 Å². The van der Waals surface area contributed by atoms with Gasteiger partial charge in [-0.15, -0.1) is 0 Å². The largest absolute Gasteiger partial charge is 0.335 e. The summed E-state index contributed by atoms with van der Waals surface area (Å²) >= 11 is 0. The van der Waals surface area contributed by atoms with Crippen molar-refractivity contribution in [3.63, 3.8) is 0 Å². The maximum absolute atomic E-state index is 4.55. The van der Waals surface area contributed by atoms with E-state index >= 15 is 0 Å². The zero-order chi connectivity index (χ0) is 12.8. The van der Waals surface area contributed by atoms with Gasteiger partial charge in [-0.3, -0.25) is 0 Å². The molecule has 3 heteroatoms. The van der Waals surface area contributed by atoms with E-state index in [-0.39, 0.29) is 0 Å². The van der Waals surface area contributed by atoms with Crippen LogP contribution in [0.4, 0.5) is 0 Å². The molecule has 1 aromatic heterocycles. The third-order valence-electron chi connectivity index (χ3n) is 4.18. The number of imidazole rings is 1. The molecule has 0 amide bonds. The predicted octanol–water partition coefficient (Wildman–Crippen LogP) is 3.00. The van der Waals surface area contributed by atoms with Crippen LogP contribution in [0.15, 0.2) is 12.4 Å². The van der Waals surface area contributed by atoms with Crippen LogP contribution >= 0.6 is 0 Å². The monoisotopic (exact) mass is 249 g/mol. The van der Waals surface area contributed by atoms with E-state index in [1.54, 1.807) is 0 Å². The summed E-state index contributed by atoms with van der Waals surface area (Å²) in [5.74, 6) is 2.10. The van der Waals surface area contributed by atoms with Crippen LogP contribution in [-0.4, -0.2) is 22.6 Å². The van der Waals surface area contributed by atoms with Gasteiger partial charge in [0.1, 0.15) is 5.82 Å². The molecule has 0 aliphatic heterocycles. The van der Waals surface area contributed by atoms with Crippen LogP contribution in [0, 0.1) is 5.92 Å². The van der Waals surface area contributed by atoms with E-state index in [0.717, 1.165) is 18.9 Å². The summed E-state index contributed by atoms with van der Waals surface area (Å²) in [6, 6.07) is 0.715. The van der Waals surface area contributed by atoms with E-state index in [2.05, 4.69) is 35.0 Å². The Hall–Kier alpha value is -0.830. The SMILES string of the molecule is CCCn1ccnc1CC1CCCCC(NC)C1. The molecule has 2 atom stereocenters. The first-order valence-corrected chi connectivity index (χ1v) is 7.50. The topological polar surface area (TPSA) is 29.9 Å². The molecule has 0 bridgehead atoms. The van der Waals surface area contributed by atoms with Gasteiger partial charge in [-0.25, -0.2) is 4.98 Å². The molecule has 1 aliphatic carbocycles. The lowest BCUT2D eigenvalue weighted by Crippen LogP contribution is -2.27. The van der Waals surface area contributed by atoms with Gasteiger partial charge >= 0.3 is 0 Å². The van der Waals surface area contributed by atoms with Crippen molar-refractivity contribution in [1.29, 1.82) is 0 Å². The minimum Gasteiger partial charge on any atom is -0.335 e. The molecule has 18 heavy (non-hydrogen) atoms. The van der Waals surface area contributed by atoms with Crippen molar-refractivity contribution in [3.8, 4) is 0 Å². The van der Waals surface area contributed by atoms with Crippen LogP contribution in [-0.2, 0) is 13.0 Å². The summed E-state index contributed by atoms with van der Waals surface area (Å²) in [4.78, 5) is 4.55. The quantitative estimate of drug-likeness (QED) is 0.813. The summed E-state index contributed by atoms with van der Waals surface area (Å²) in [6.07, 6.45) is 13.2. The molecule has 0 spiro atoms. The summed E-state index contributed by atoms with van der Waals surface area (Å²) in [5.41, 5.74) is 0. The first kappa shape index (κ1) is 13.6. The molecule has 1 aromatic rings. The lowest BCUT2D eigenvalue weighted by Gasteiger charge is -2.19. The van der Waals surface area contributed by atoms with Crippen molar-refractivity contribution in [2.45, 2.75) is 64.5 Å². The van der Waals surface area contributed by atoms with E-state index in [0.29, 0.717) is 6.04 Å². The van der Waals surface area contributed by atoms with Crippen LogP contribution in [0.2, 0.25) is 0 Å². The molecule has 2 unspecified atom stereocenters. The summed E-state index contributed by atoms with van der Waals surface area (Å²) in [6.45, 7) is 3.34. The molecule has 2 rings (SSSR count). The number of rotatable bonds is 5. The standard InChI is InChI=1S/C15H27N3/c1-3-9-18-10-8-17-15(18)12-13-6-4-5-7-14(11-13)16-2/h8,10,13-14,16H,3-7,9,11-12H2,1-2H3. The van der Waals surface area contributed by atoms with Crippen molar-refractivity contribution in [2.75, 3.05) is 7.05 Å². The third kappa shape index (κ3) is 3.58. The molecular formula is C15H27N3. The maximum Gasteiger partial charge on any atom is 0.108 e. The second-order valence-electron chi connectivity index (χ2n) is 5.61. The lowest BCUT2D eigenvalue weighted by atomic mass is 9.94. The van der Waals surface area contributed by atoms with Gasteiger partial charge in [-0.05, 0) is 38.6 Å². The second kappa shape index (κ2) is 6.93. The zero-order valence-corrected chi connectivity index (χ0v) is 11.9. The minimum absolute atomic E-state index is 0.715. The number of aryl methyl sites for hydroxylation is 1. The van der Waals surface area contributed by atoms with Gasteiger partial charge in [0, 0.05) is 31.4 Å². The molecular weight excluding hydrogens is 222 g/mol. The average Bonchev–Trinajstić information content (AvgIpc) is 2.67. The Morgan fingerprint density at radius 2 is 2.22 bits per heavy atom. The fourth-order valence-electron chi connectivity index (χ4n) is 3.14. The summed E-state index contributed by atoms with van der Waals surface area (Å²) < 4.78 is 2.33. The van der Waals surface area contributed by atoms with Gasteiger partial charge in [0.25, 0.3) is 0 Å². The van der Waals surface area contributed by atoms with Crippen molar-refractivity contribution < 1.29 is 0 Å². The highest BCUT2D eigenvalue weighted by atomic mass is 15.1. The Morgan fingerprint density at radius 3 is 3.00 bits per heavy atom. The lowest BCUT2D eigenvalue weighted by molar-refractivity contribution is 0.389. The van der Waals surface area contributed by atoms with Crippen molar-refractivity contribution in [3.05, 3.63) is 18.2 Å². The molecule has 1 fully saturated rings. The molecule has 3 nitrogen and oxygen atoms in total. The van der Waals surface area contributed by atoms with E-state index in [1.165, 1.54) is 44.3 Å². The van der Waals surface area contributed by atoms with Gasteiger partial charge in [-0.1, -0.05) is 19.8 Å². The maximum atomic E-state index is 4.55. The second-order valence-corrected chi connectivity index (χ2v) is 5.61. The average molecular weight is 249 g/mol. The highest BCUT2D eigenvalue weighted by molar-refractivity contribution is 4.95. The summed E-state index contributed by atoms with van der Waals surface area (Å²) in [7, 11) is 2.10. The van der Waals surface area contributed by atoms with Crippen LogP contribution < -0.4 is 5.32 Å². The highest BCUT2D eigenvalue weighted by Gasteiger charge is 2.20. The molecule has 1 N–H and O–H groups in total. The number of nitrogens with one attached hydrogen (secondary N) is 1. The smallest absolute Gasteiger partial charge is 0.108 e. The normalized spacial score (nSPS) is 25.0. The van der Waals surface area contributed by atoms with Crippen molar-refractivity contribution >= 4 is 0 Å². The van der Waals surface area contributed by atoms with Crippen molar-refractivity contribution in [1.82, 2.24) is 14.9 Å². The number of nitrogens with zero attached hydrogens (tertiary/aromatic N) is 2. The zero-order valence-electron chi connectivity index (χ0n) is 11.9. The molecule has 0 radical (unpaired) electrons. The van der Waals surface area contributed by atoms with E-state index in [9.17, 15) is 0 Å². The Bertz CT molecular complexity index is 345. The highest BCUT2D eigenvalue weighted by Crippen LogP contribution is 2.26. The minimum atomic E-state index is 0.715. The van der Waals surface area contributed by atoms with Crippen molar-refractivity contribution in [2.24, 2.45) is 5.92 Å². The number of hydrogen-bond acceptors (Lipinski definition) is 2. The first-order chi connectivity index (χ1) is 8.83. The first-order valence-electron chi connectivity index (χ1n) is 7.50. The van der Waals surface area contributed by atoms with Gasteiger partial charge in [0.05, 0.1) is 0 Å². The predicted molar refractivity (Wildman–Crippen MR) is 75.6 cm³/mol. The van der Waals surface area contributed by atoms with E-state index in [4.69, 9.17) is 0 Å². The Morgan fingerprint density at radius 1 is 1.39 bits per heavy atom. The van der Waals surface area contributed by atoms with Gasteiger partial charge in [-0.2, -0.15) is 0 Å². The van der Waals surface area contributed by atoms with Gasteiger partial charge in [0.2, 0.25) is 0 Å². The summed E-state index contributed by atoms with van der Waals surface area (Å²) in [5, 5.41) is 3.47. The fraction of sp³-hybridized carbons (Fsp3) is 0.800.